The summed E-state index contributed by atoms with van der Waals surface area (Å²) in [5.74, 6) is -14.6. The standard InChI is InChI=1S/C15H18F8.FH/c1-5-12-6-9(2,8-16)13(18,19)11(4,15(12,22)23)14(20,21)10(3,17)7-12;/h5H,1,6-8H2,2-4H3;1H. The van der Waals surface area contributed by atoms with Gasteiger partial charge in [0.1, 0.15) is 6.67 Å². The van der Waals surface area contributed by atoms with Gasteiger partial charge in [-0.25, -0.2) is 30.7 Å². The minimum Gasteiger partial charge on any atom is -0.269 e. The van der Waals surface area contributed by atoms with Crippen molar-refractivity contribution in [3.05, 3.63) is 12.7 Å². The Labute approximate surface area is 133 Å². The molecule has 0 amide bonds. The second kappa shape index (κ2) is 4.84. The molecule has 0 heterocycles. The first-order valence-corrected chi connectivity index (χ1v) is 7.05. The van der Waals surface area contributed by atoms with E-state index < -0.39 is 59.2 Å². The van der Waals surface area contributed by atoms with Gasteiger partial charge in [-0.2, -0.15) is 0 Å². The lowest BCUT2D eigenvalue weighted by molar-refractivity contribution is -0.444. The van der Waals surface area contributed by atoms with Crippen LogP contribution in [0.25, 0.3) is 0 Å². The zero-order valence-corrected chi connectivity index (χ0v) is 13.3. The maximum absolute atomic E-state index is 14.8. The molecule has 0 aromatic rings. The highest BCUT2D eigenvalue weighted by atomic mass is 19.3. The van der Waals surface area contributed by atoms with Crippen LogP contribution in [0.15, 0.2) is 12.7 Å². The van der Waals surface area contributed by atoms with Gasteiger partial charge in [-0.05, 0) is 20.3 Å². The van der Waals surface area contributed by atoms with E-state index in [2.05, 4.69) is 6.58 Å². The summed E-state index contributed by atoms with van der Waals surface area (Å²) < 4.78 is 116. The second-order valence-electron chi connectivity index (χ2n) is 7.45. The van der Waals surface area contributed by atoms with E-state index in [0.717, 1.165) is 0 Å². The molecule has 0 aromatic heterocycles. The summed E-state index contributed by atoms with van der Waals surface area (Å²) in [6.45, 7) is 2.25. The first-order chi connectivity index (χ1) is 10.0. The second-order valence-corrected chi connectivity index (χ2v) is 7.45. The molecule has 0 aliphatic heterocycles. The first-order valence-electron chi connectivity index (χ1n) is 7.05. The Hall–Kier alpha value is -0.890. The summed E-state index contributed by atoms with van der Waals surface area (Å²) >= 11 is 0. The molecule has 2 rings (SSSR count). The van der Waals surface area contributed by atoms with Crippen LogP contribution in [0.5, 0.6) is 0 Å². The molecule has 24 heavy (non-hydrogen) atoms. The first kappa shape index (κ1) is 21.2. The number of rotatable bonds is 2. The summed E-state index contributed by atoms with van der Waals surface area (Å²) in [7, 11) is 0. The third-order valence-electron chi connectivity index (χ3n) is 5.96. The van der Waals surface area contributed by atoms with Crippen LogP contribution in [0.3, 0.4) is 0 Å². The van der Waals surface area contributed by atoms with E-state index in [1.165, 1.54) is 0 Å². The van der Waals surface area contributed by atoms with Crippen molar-refractivity contribution >= 4 is 0 Å². The van der Waals surface area contributed by atoms with Crippen LogP contribution in [0.2, 0.25) is 0 Å². The Morgan fingerprint density at radius 2 is 1.29 bits per heavy atom. The molecule has 0 spiro atoms. The summed E-state index contributed by atoms with van der Waals surface area (Å²) in [6.07, 6.45) is -2.06. The van der Waals surface area contributed by atoms with Gasteiger partial charge >= 0.3 is 0 Å². The highest BCUT2D eigenvalue weighted by molar-refractivity contribution is 5.32. The van der Waals surface area contributed by atoms with E-state index in [1.54, 1.807) is 0 Å². The molecule has 0 saturated heterocycles. The van der Waals surface area contributed by atoms with Gasteiger partial charge in [0.25, 0.3) is 17.8 Å². The van der Waals surface area contributed by atoms with E-state index in [9.17, 15) is 35.1 Å². The van der Waals surface area contributed by atoms with Gasteiger partial charge in [0, 0.05) is 6.42 Å². The van der Waals surface area contributed by atoms with Crippen molar-refractivity contribution in [2.45, 2.75) is 57.0 Å². The summed E-state index contributed by atoms with van der Waals surface area (Å²) in [4.78, 5) is 0. The lowest BCUT2D eigenvalue weighted by atomic mass is 9.41. The maximum Gasteiger partial charge on any atom is 0.298 e. The van der Waals surface area contributed by atoms with E-state index in [4.69, 9.17) is 0 Å². The van der Waals surface area contributed by atoms with Crippen molar-refractivity contribution in [3.63, 3.8) is 0 Å². The summed E-state index contributed by atoms with van der Waals surface area (Å²) in [5, 5.41) is 0. The van der Waals surface area contributed by atoms with Crippen LogP contribution < -0.4 is 0 Å². The fraction of sp³-hybridized carbons (Fsp3) is 0.867. The van der Waals surface area contributed by atoms with Crippen molar-refractivity contribution in [1.29, 1.82) is 0 Å². The Morgan fingerprint density at radius 1 is 0.833 bits per heavy atom. The van der Waals surface area contributed by atoms with Crippen molar-refractivity contribution in [3.8, 4) is 0 Å². The fourth-order valence-corrected chi connectivity index (χ4v) is 4.41. The smallest absolute Gasteiger partial charge is 0.269 e. The van der Waals surface area contributed by atoms with Crippen LogP contribution in [-0.2, 0) is 0 Å². The molecule has 2 saturated carbocycles. The highest BCUT2D eigenvalue weighted by Crippen LogP contribution is 2.79. The molecule has 2 aliphatic carbocycles. The molecule has 0 aromatic carbocycles. The number of fused-ring (bicyclic) bond motifs is 2. The number of allylic oxidation sites excluding steroid dienone is 1. The van der Waals surface area contributed by atoms with Crippen LogP contribution in [0.4, 0.5) is 39.8 Å². The van der Waals surface area contributed by atoms with Gasteiger partial charge < -0.3 is 0 Å². The SMILES string of the molecule is C=CC12CC(C)(F)C(F)(F)C(C)(C(F)(F)C(C)(CF)C1)C2(F)F.F. The Balaban J connectivity index is 0.00000288. The summed E-state index contributed by atoms with van der Waals surface area (Å²) in [5.41, 5.74) is -13.5. The Kier molecular flexibility index (Phi) is 4.27. The van der Waals surface area contributed by atoms with Crippen LogP contribution in [0, 0.1) is 16.2 Å². The third-order valence-corrected chi connectivity index (χ3v) is 5.96. The van der Waals surface area contributed by atoms with E-state index in [1.807, 2.05) is 0 Å². The topological polar surface area (TPSA) is 0 Å². The van der Waals surface area contributed by atoms with E-state index in [-0.39, 0.29) is 11.6 Å². The highest BCUT2D eigenvalue weighted by Gasteiger charge is 2.93. The normalized spacial score (nSPS) is 48.3. The number of halogens is 9. The maximum atomic E-state index is 14.8. The molecular formula is C15H19F9. The molecule has 4 unspecified atom stereocenters. The van der Waals surface area contributed by atoms with Gasteiger partial charge in [-0.1, -0.05) is 13.0 Å². The van der Waals surface area contributed by atoms with Crippen molar-refractivity contribution in [2.24, 2.45) is 16.2 Å². The monoisotopic (exact) mass is 370 g/mol. The van der Waals surface area contributed by atoms with Crippen molar-refractivity contribution < 1.29 is 39.8 Å². The quantitative estimate of drug-likeness (QED) is 0.430. The van der Waals surface area contributed by atoms with Gasteiger partial charge in [-0.15, -0.1) is 6.58 Å². The number of hydrogen-bond donors (Lipinski definition) is 0. The predicted molar refractivity (Wildman–Crippen MR) is 70.9 cm³/mol. The van der Waals surface area contributed by atoms with Gasteiger partial charge in [0.15, 0.2) is 11.1 Å². The zero-order chi connectivity index (χ0) is 18.3. The van der Waals surface area contributed by atoms with Gasteiger partial charge in [0.2, 0.25) is 0 Å². The predicted octanol–water partition coefficient (Wildman–Crippen LogP) is 5.73. The third kappa shape index (κ3) is 1.69. The van der Waals surface area contributed by atoms with E-state index >= 15 is 0 Å². The molecule has 2 bridgehead atoms. The number of hydrogen-bond acceptors (Lipinski definition) is 0. The Bertz CT molecular complexity index is 541. The largest absolute Gasteiger partial charge is 0.298 e. The lowest BCUT2D eigenvalue weighted by Crippen LogP contribution is -2.82. The molecular weight excluding hydrogens is 351 g/mol. The molecule has 0 N–H and O–H groups in total. The molecule has 2 fully saturated rings. The van der Waals surface area contributed by atoms with Crippen LogP contribution in [-0.4, -0.2) is 30.1 Å². The van der Waals surface area contributed by atoms with Crippen molar-refractivity contribution in [2.75, 3.05) is 6.67 Å². The number of alkyl halides is 8. The summed E-state index contributed by atoms with van der Waals surface area (Å²) in [6, 6.07) is 0. The average Bonchev–Trinajstić information content (AvgIpc) is 2.41. The zero-order valence-electron chi connectivity index (χ0n) is 13.3. The Morgan fingerprint density at radius 3 is 1.67 bits per heavy atom. The van der Waals surface area contributed by atoms with Gasteiger partial charge in [-0.3, -0.25) is 9.09 Å². The van der Waals surface area contributed by atoms with E-state index in [0.29, 0.717) is 19.9 Å². The lowest BCUT2D eigenvalue weighted by Gasteiger charge is -2.68. The molecule has 9 heteroatoms. The van der Waals surface area contributed by atoms with Crippen LogP contribution in [0.1, 0.15) is 33.6 Å². The minimum absolute atomic E-state index is 0. The average molecular weight is 370 g/mol. The molecule has 2 aliphatic rings. The van der Waals surface area contributed by atoms with Crippen molar-refractivity contribution in [1.82, 2.24) is 0 Å². The molecule has 142 valence electrons. The van der Waals surface area contributed by atoms with Crippen LogP contribution >= 0.6 is 0 Å². The molecule has 0 radical (unpaired) electrons. The fourth-order valence-electron chi connectivity index (χ4n) is 4.41. The minimum atomic E-state index is -5.07. The molecule has 4 atom stereocenters. The van der Waals surface area contributed by atoms with Gasteiger partial charge in [0.05, 0.1) is 10.8 Å². The molecule has 0 nitrogen and oxygen atoms in total.